The lowest BCUT2D eigenvalue weighted by Crippen LogP contribution is -2.39. The molecule has 2 N–H and O–H groups in total. The Morgan fingerprint density at radius 1 is 0.727 bits per heavy atom. The van der Waals surface area contributed by atoms with E-state index in [1.54, 1.807) is 12.1 Å². The van der Waals surface area contributed by atoms with Crippen LogP contribution >= 0.6 is 0 Å². The predicted octanol–water partition coefficient (Wildman–Crippen LogP) is 2.15. The number of carbonyl (C=O) groups is 2. The molecule has 3 aromatic carbocycles. The van der Waals surface area contributed by atoms with Gasteiger partial charge in [-0.3, -0.25) is 9.59 Å². The number of rotatable bonds is 0. The highest BCUT2D eigenvalue weighted by Crippen LogP contribution is 2.33. The van der Waals surface area contributed by atoms with Crippen LogP contribution in [0, 0.1) is 0 Å². The topological polar surface area (TPSA) is 74.6 Å². The largest absolute Gasteiger partial charge is 0.380 e. The third-order valence-electron chi connectivity index (χ3n) is 4.22. The van der Waals surface area contributed by atoms with Gasteiger partial charge in [0.15, 0.2) is 11.9 Å². The van der Waals surface area contributed by atoms with Crippen LogP contribution < -0.4 is 0 Å². The Hall–Kier alpha value is -2.56. The maximum absolute atomic E-state index is 12.1. The van der Waals surface area contributed by atoms with Crippen molar-refractivity contribution in [2.75, 3.05) is 0 Å². The van der Waals surface area contributed by atoms with E-state index in [0.717, 1.165) is 21.5 Å². The fourth-order valence-corrected chi connectivity index (χ4v) is 3.03. The first-order chi connectivity index (χ1) is 10.6. The first-order valence-electron chi connectivity index (χ1n) is 6.97. The standard InChI is InChI=1S/C18H12O4/c19-15-13-7-11-5-9-3-1-2-4-10(9)6-12(11)8-14(13)16(20)18(22)17(15)21/h1-8,15,18-19,22H. The van der Waals surface area contributed by atoms with Crippen LogP contribution in [0.3, 0.4) is 0 Å². The number of carbonyl (C=O) groups excluding carboxylic acids is 2. The second-order valence-electron chi connectivity index (χ2n) is 5.56. The molecule has 0 bridgehead atoms. The molecule has 0 radical (unpaired) electrons. The number of hydrogen-bond acceptors (Lipinski definition) is 4. The van der Waals surface area contributed by atoms with E-state index in [2.05, 4.69) is 0 Å². The summed E-state index contributed by atoms with van der Waals surface area (Å²) in [6.45, 7) is 0. The Morgan fingerprint density at radius 2 is 1.32 bits per heavy atom. The zero-order valence-corrected chi connectivity index (χ0v) is 11.5. The Kier molecular flexibility index (Phi) is 2.66. The molecule has 22 heavy (non-hydrogen) atoms. The molecule has 4 rings (SSSR count). The van der Waals surface area contributed by atoms with E-state index in [0.29, 0.717) is 0 Å². The van der Waals surface area contributed by atoms with Crippen LogP contribution in [0.15, 0.2) is 48.5 Å². The third kappa shape index (κ3) is 1.71. The van der Waals surface area contributed by atoms with E-state index in [4.69, 9.17) is 0 Å². The summed E-state index contributed by atoms with van der Waals surface area (Å²) in [6, 6.07) is 15.0. The van der Waals surface area contributed by atoms with Gasteiger partial charge in [0.1, 0.15) is 6.10 Å². The number of Topliss-reactive ketones (excluding diaryl/α,β-unsaturated/α-hetero) is 2. The summed E-state index contributed by atoms with van der Waals surface area (Å²) in [5.74, 6) is -1.52. The maximum Gasteiger partial charge on any atom is 0.202 e. The average Bonchev–Trinajstić information content (AvgIpc) is 2.55. The van der Waals surface area contributed by atoms with Crippen molar-refractivity contribution >= 4 is 33.1 Å². The van der Waals surface area contributed by atoms with Gasteiger partial charge in [0.2, 0.25) is 5.78 Å². The lowest BCUT2D eigenvalue weighted by molar-refractivity contribution is -0.134. The highest BCUT2D eigenvalue weighted by molar-refractivity contribution is 6.20. The molecular weight excluding hydrogens is 280 g/mol. The van der Waals surface area contributed by atoms with Gasteiger partial charge >= 0.3 is 0 Å². The first-order valence-corrected chi connectivity index (χ1v) is 6.97. The Labute approximate surface area is 125 Å². The maximum atomic E-state index is 12.1. The highest BCUT2D eigenvalue weighted by atomic mass is 16.3. The van der Waals surface area contributed by atoms with Gasteiger partial charge < -0.3 is 10.2 Å². The Morgan fingerprint density at radius 3 is 1.95 bits per heavy atom. The SMILES string of the molecule is O=C1c2cc3cc4ccccc4cc3cc2C(O)C(=O)C1O. The summed E-state index contributed by atoms with van der Waals surface area (Å²) in [5, 5.41) is 23.4. The number of benzene rings is 3. The molecule has 1 aliphatic rings. The number of aliphatic hydroxyl groups is 2. The molecule has 0 aliphatic heterocycles. The summed E-state index contributed by atoms with van der Waals surface area (Å²) in [4.78, 5) is 23.8. The molecule has 1 aliphatic carbocycles. The smallest absolute Gasteiger partial charge is 0.202 e. The molecule has 0 amide bonds. The molecule has 2 unspecified atom stereocenters. The lowest BCUT2D eigenvalue weighted by Gasteiger charge is -2.23. The summed E-state index contributed by atoms with van der Waals surface area (Å²) in [5.41, 5.74) is 0.477. The van der Waals surface area contributed by atoms with Crippen LogP contribution in [-0.4, -0.2) is 27.9 Å². The molecule has 0 saturated heterocycles. The summed E-state index contributed by atoms with van der Waals surface area (Å²) >= 11 is 0. The molecule has 0 spiro atoms. The minimum Gasteiger partial charge on any atom is -0.380 e. The van der Waals surface area contributed by atoms with Crippen LogP contribution in [0.4, 0.5) is 0 Å². The highest BCUT2D eigenvalue weighted by Gasteiger charge is 2.39. The molecule has 4 nitrogen and oxygen atoms in total. The molecule has 0 fully saturated rings. The molecular formula is C18H12O4. The molecule has 2 atom stereocenters. The van der Waals surface area contributed by atoms with Crippen LogP contribution in [0.25, 0.3) is 21.5 Å². The van der Waals surface area contributed by atoms with Crippen molar-refractivity contribution in [1.82, 2.24) is 0 Å². The van der Waals surface area contributed by atoms with Gasteiger partial charge in [-0.25, -0.2) is 0 Å². The molecule has 4 heteroatoms. The van der Waals surface area contributed by atoms with Crippen molar-refractivity contribution in [3.8, 4) is 0 Å². The third-order valence-corrected chi connectivity index (χ3v) is 4.22. The molecule has 0 aromatic heterocycles. The van der Waals surface area contributed by atoms with Gasteiger partial charge in [0.05, 0.1) is 0 Å². The van der Waals surface area contributed by atoms with Gasteiger partial charge in [-0.15, -0.1) is 0 Å². The minimum atomic E-state index is -1.78. The number of ketones is 2. The summed E-state index contributed by atoms with van der Waals surface area (Å²) in [7, 11) is 0. The second-order valence-corrected chi connectivity index (χ2v) is 5.56. The van der Waals surface area contributed by atoms with Crippen molar-refractivity contribution in [2.24, 2.45) is 0 Å². The van der Waals surface area contributed by atoms with Gasteiger partial charge in [-0.05, 0) is 51.4 Å². The van der Waals surface area contributed by atoms with Crippen molar-refractivity contribution in [3.63, 3.8) is 0 Å². The quantitative estimate of drug-likeness (QED) is 0.492. The van der Waals surface area contributed by atoms with E-state index in [-0.39, 0.29) is 11.1 Å². The molecule has 0 heterocycles. The van der Waals surface area contributed by atoms with Crippen molar-refractivity contribution in [3.05, 3.63) is 59.7 Å². The fraction of sp³-hybridized carbons (Fsp3) is 0.111. The average molecular weight is 292 g/mol. The van der Waals surface area contributed by atoms with Crippen molar-refractivity contribution < 1.29 is 19.8 Å². The van der Waals surface area contributed by atoms with E-state index >= 15 is 0 Å². The zero-order chi connectivity index (χ0) is 15.4. The van der Waals surface area contributed by atoms with Crippen molar-refractivity contribution in [1.29, 1.82) is 0 Å². The predicted molar refractivity (Wildman–Crippen MR) is 81.8 cm³/mol. The van der Waals surface area contributed by atoms with Gasteiger partial charge in [0, 0.05) is 5.56 Å². The lowest BCUT2D eigenvalue weighted by atomic mass is 9.83. The number of fused-ring (bicyclic) bond motifs is 3. The summed E-state index contributed by atoms with van der Waals surface area (Å²) < 4.78 is 0. The zero-order valence-electron chi connectivity index (χ0n) is 11.5. The Bertz CT molecular complexity index is 958. The minimum absolute atomic E-state index is 0.211. The van der Waals surface area contributed by atoms with E-state index in [1.807, 2.05) is 36.4 Å². The fourth-order valence-electron chi connectivity index (χ4n) is 3.03. The van der Waals surface area contributed by atoms with Crippen LogP contribution in [-0.2, 0) is 4.79 Å². The second kappa shape index (κ2) is 4.47. The summed E-state index contributed by atoms with van der Waals surface area (Å²) in [6.07, 6.45) is -3.24. The normalized spacial score (nSPS) is 21.4. The van der Waals surface area contributed by atoms with Crippen LogP contribution in [0.1, 0.15) is 22.0 Å². The van der Waals surface area contributed by atoms with E-state index < -0.39 is 23.8 Å². The molecule has 0 saturated carbocycles. The first kappa shape index (κ1) is 13.1. The van der Waals surface area contributed by atoms with E-state index in [1.165, 1.54) is 0 Å². The van der Waals surface area contributed by atoms with Gasteiger partial charge in [-0.1, -0.05) is 24.3 Å². The number of hydrogen-bond donors (Lipinski definition) is 2. The van der Waals surface area contributed by atoms with E-state index in [9.17, 15) is 19.8 Å². The molecule has 3 aromatic rings. The molecule has 108 valence electrons. The van der Waals surface area contributed by atoms with Crippen molar-refractivity contribution in [2.45, 2.75) is 12.2 Å². The van der Waals surface area contributed by atoms with Gasteiger partial charge in [0.25, 0.3) is 0 Å². The Balaban J connectivity index is 2.06. The number of aliphatic hydroxyl groups excluding tert-OH is 2. The van der Waals surface area contributed by atoms with Crippen LogP contribution in [0.5, 0.6) is 0 Å². The van der Waals surface area contributed by atoms with Crippen LogP contribution in [0.2, 0.25) is 0 Å². The monoisotopic (exact) mass is 292 g/mol. The van der Waals surface area contributed by atoms with Gasteiger partial charge in [-0.2, -0.15) is 0 Å².